The molecule has 0 saturated carbocycles. The maximum absolute atomic E-state index is 4.51. The van der Waals surface area contributed by atoms with Crippen LogP contribution in [-0.4, -0.2) is 21.8 Å². The molecule has 2 heterocycles. The molecule has 0 fully saturated rings. The second-order valence-corrected chi connectivity index (χ2v) is 5.18. The van der Waals surface area contributed by atoms with Gasteiger partial charge in [0.2, 0.25) is 0 Å². The second kappa shape index (κ2) is 4.98. The molecule has 1 unspecified atom stereocenters. The quantitative estimate of drug-likeness (QED) is 0.902. The Morgan fingerprint density at radius 2 is 2.24 bits per heavy atom. The summed E-state index contributed by atoms with van der Waals surface area (Å²) < 4.78 is 1.91. The highest BCUT2D eigenvalue weighted by atomic mass is 32.1. The molecule has 0 aromatic carbocycles. The molecular weight excluding hydrogens is 232 g/mol. The molecule has 1 atom stereocenters. The van der Waals surface area contributed by atoms with E-state index in [-0.39, 0.29) is 6.04 Å². The molecule has 5 heteroatoms. The van der Waals surface area contributed by atoms with Crippen molar-refractivity contribution < 1.29 is 0 Å². The van der Waals surface area contributed by atoms with Crippen LogP contribution in [0.25, 0.3) is 0 Å². The van der Waals surface area contributed by atoms with Gasteiger partial charge in [-0.15, -0.1) is 11.3 Å². The van der Waals surface area contributed by atoms with Crippen molar-refractivity contribution in [3.05, 3.63) is 33.5 Å². The van der Waals surface area contributed by atoms with Gasteiger partial charge in [-0.2, -0.15) is 5.10 Å². The summed E-state index contributed by atoms with van der Waals surface area (Å²) in [6.07, 6.45) is 2.86. The minimum Gasteiger partial charge on any atom is -0.313 e. The first-order valence-electron chi connectivity index (χ1n) is 5.68. The van der Waals surface area contributed by atoms with Crippen LogP contribution >= 0.6 is 11.3 Å². The molecule has 0 aliphatic carbocycles. The second-order valence-electron chi connectivity index (χ2n) is 4.24. The van der Waals surface area contributed by atoms with Crippen molar-refractivity contribution in [2.45, 2.75) is 26.3 Å². The largest absolute Gasteiger partial charge is 0.313 e. The number of rotatable bonds is 4. The van der Waals surface area contributed by atoms with Crippen LogP contribution in [0, 0.1) is 13.8 Å². The summed E-state index contributed by atoms with van der Waals surface area (Å²) in [6, 6.07) is 0.286. The number of nitrogens with zero attached hydrogens (tertiary/aromatic N) is 3. The van der Waals surface area contributed by atoms with E-state index >= 15 is 0 Å². The van der Waals surface area contributed by atoms with E-state index in [2.05, 4.69) is 27.7 Å². The third kappa shape index (κ3) is 2.56. The van der Waals surface area contributed by atoms with Crippen LogP contribution in [0.1, 0.15) is 28.0 Å². The molecule has 0 amide bonds. The Morgan fingerprint density at radius 1 is 1.47 bits per heavy atom. The maximum atomic E-state index is 4.51. The Kier molecular flexibility index (Phi) is 3.59. The third-order valence-electron chi connectivity index (χ3n) is 3.04. The van der Waals surface area contributed by atoms with Gasteiger partial charge in [-0.3, -0.25) is 4.68 Å². The zero-order valence-electron chi connectivity index (χ0n) is 10.7. The molecule has 2 aromatic heterocycles. The highest BCUT2D eigenvalue weighted by Crippen LogP contribution is 2.22. The van der Waals surface area contributed by atoms with Crippen molar-refractivity contribution in [2.75, 3.05) is 7.05 Å². The van der Waals surface area contributed by atoms with Crippen LogP contribution in [0.4, 0.5) is 0 Å². The van der Waals surface area contributed by atoms with Gasteiger partial charge in [-0.1, -0.05) is 0 Å². The molecule has 17 heavy (non-hydrogen) atoms. The fourth-order valence-corrected chi connectivity index (χ4v) is 2.72. The molecule has 0 radical (unpaired) electrons. The van der Waals surface area contributed by atoms with Crippen LogP contribution in [0.5, 0.6) is 0 Å². The van der Waals surface area contributed by atoms with Gasteiger partial charge in [0.25, 0.3) is 0 Å². The average Bonchev–Trinajstić information content (AvgIpc) is 2.85. The monoisotopic (exact) mass is 250 g/mol. The Bertz CT molecular complexity index is 500. The van der Waals surface area contributed by atoms with Crippen molar-refractivity contribution >= 4 is 11.3 Å². The van der Waals surface area contributed by atoms with E-state index in [0.29, 0.717) is 0 Å². The number of nitrogens with one attached hydrogen (secondary N) is 1. The predicted octanol–water partition coefficient (Wildman–Crippen LogP) is 2.00. The topological polar surface area (TPSA) is 42.7 Å². The van der Waals surface area contributed by atoms with Crippen LogP contribution in [0.15, 0.2) is 11.6 Å². The van der Waals surface area contributed by atoms with Crippen molar-refractivity contribution in [1.29, 1.82) is 0 Å². The number of hydrogen-bond acceptors (Lipinski definition) is 4. The SMILES string of the molecule is CNC(Cc1nc(C)cs1)c1cnn(C)c1C. The number of aromatic nitrogens is 3. The average molecular weight is 250 g/mol. The first-order chi connectivity index (χ1) is 8.11. The highest BCUT2D eigenvalue weighted by molar-refractivity contribution is 7.09. The first-order valence-corrected chi connectivity index (χ1v) is 6.56. The summed E-state index contributed by atoms with van der Waals surface area (Å²) in [6.45, 7) is 4.13. The number of likely N-dealkylation sites (N-methyl/N-ethyl adjacent to an activating group) is 1. The summed E-state index contributed by atoms with van der Waals surface area (Å²) in [5.74, 6) is 0. The minimum absolute atomic E-state index is 0.286. The summed E-state index contributed by atoms with van der Waals surface area (Å²) in [5.41, 5.74) is 3.56. The van der Waals surface area contributed by atoms with E-state index in [1.807, 2.05) is 31.9 Å². The zero-order chi connectivity index (χ0) is 12.4. The van der Waals surface area contributed by atoms with Crippen LogP contribution in [0.2, 0.25) is 0 Å². The van der Waals surface area contributed by atoms with Crippen molar-refractivity contribution in [3.63, 3.8) is 0 Å². The van der Waals surface area contributed by atoms with Crippen LogP contribution in [-0.2, 0) is 13.5 Å². The Hall–Kier alpha value is -1.20. The molecule has 2 aromatic rings. The maximum Gasteiger partial charge on any atom is 0.0947 e. The van der Waals surface area contributed by atoms with Crippen LogP contribution < -0.4 is 5.32 Å². The smallest absolute Gasteiger partial charge is 0.0947 e. The van der Waals surface area contributed by atoms with Crippen molar-refractivity contribution in [3.8, 4) is 0 Å². The first kappa shape index (κ1) is 12.3. The van der Waals surface area contributed by atoms with E-state index < -0.39 is 0 Å². The van der Waals surface area contributed by atoms with Crippen molar-refractivity contribution in [1.82, 2.24) is 20.1 Å². The highest BCUT2D eigenvalue weighted by Gasteiger charge is 2.16. The Balaban J connectivity index is 2.19. The molecule has 0 bridgehead atoms. The molecule has 4 nitrogen and oxygen atoms in total. The van der Waals surface area contributed by atoms with E-state index in [1.54, 1.807) is 11.3 Å². The number of thiazole rings is 1. The van der Waals surface area contributed by atoms with E-state index in [1.165, 1.54) is 16.3 Å². The van der Waals surface area contributed by atoms with Gasteiger partial charge in [0.1, 0.15) is 0 Å². The zero-order valence-corrected chi connectivity index (χ0v) is 11.5. The van der Waals surface area contributed by atoms with Gasteiger partial charge in [0.05, 0.1) is 11.2 Å². The van der Waals surface area contributed by atoms with Gasteiger partial charge in [-0.25, -0.2) is 4.98 Å². The molecule has 0 aliphatic rings. The van der Waals surface area contributed by atoms with Gasteiger partial charge in [0, 0.05) is 41.8 Å². The summed E-state index contributed by atoms with van der Waals surface area (Å²) in [5, 5.41) is 10.9. The molecule has 0 aliphatic heterocycles. The van der Waals surface area contributed by atoms with Crippen LogP contribution in [0.3, 0.4) is 0 Å². The van der Waals surface area contributed by atoms with E-state index in [0.717, 1.165) is 12.1 Å². The molecule has 1 N–H and O–H groups in total. The fraction of sp³-hybridized carbons (Fsp3) is 0.500. The molecule has 2 rings (SSSR count). The summed E-state index contributed by atoms with van der Waals surface area (Å²) >= 11 is 1.72. The molecular formula is C12H18N4S. The lowest BCUT2D eigenvalue weighted by Gasteiger charge is -2.14. The van der Waals surface area contributed by atoms with E-state index in [4.69, 9.17) is 0 Å². The lowest BCUT2D eigenvalue weighted by molar-refractivity contribution is 0.584. The van der Waals surface area contributed by atoms with Gasteiger partial charge in [-0.05, 0) is 20.9 Å². The Morgan fingerprint density at radius 3 is 2.71 bits per heavy atom. The molecule has 0 saturated heterocycles. The Labute approximate surface area is 106 Å². The number of hydrogen-bond donors (Lipinski definition) is 1. The number of aryl methyl sites for hydroxylation is 2. The third-order valence-corrected chi connectivity index (χ3v) is 4.03. The normalized spacial score (nSPS) is 12.9. The lowest BCUT2D eigenvalue weighted by atomic mass is 10.1. The minimum atomic E-state index is 0.286. The summed E-state index contributed by atoms with van der Waals surface area (Å²) in [7, 11) is 3.96. The standard InChI is InChI=1S/C12H18N4S/c1-8-7-17-12(15-8)5-11(13-3)10-6-14-16(4)9(10)2/h6-7,11,13H,5H2,1-4H3. The molecule has 0 spiro atoms. The van der Waals surface area contributed by atoms with Gasteiger partial charge >= 0.3 is 0 Å². The fourth-order valence-electron chi connectivity index (χ4n) is 1.90. The van der Waals surface area contributed by atoms with E-state index in [9.17, 15) is 0 Å². The summed E-state index contributed by atoms with van der Waals surface area (Å²) in [4.78, 5) is 4.51. The van der Waals surface area contributed by atoms with Crippen molar-refractivity contribution in [2.24, 2.45) is 7.05 Å². The molecule has 92 valence electrons. The predicted molar refractivity (Wildman–Crippen MR) is 70.3 cm³/mol. The lowest BCUT2D eigenvalue weighted by Crippen LogP contribution is -2.19. The van der Waals surface area contributed by atoms with Gasteiger partial charge in [0.15, 0.2) is 0 Å². The van der Waals surface area contributed by atoms with Gasteiger partial charge < -0.3 is 5.32 Å².